The van der Waals surface area contributed by atoms with Crippen LogP contribution in [-0.4, -0.2) is 35.6 Å². The summed E-state index contributed by atoms with van der Waals surface area (Å²) in [5.41, 5.74) is 3.13. The molecule has 3 aromatic rings. The second-order valence-corrected chi connectivity index (χ2v) is 8.05. The van der Waals surface area contributed by atoms with Crippen molar-refractivity contribution in [2.45, 2.75) is 45.7 Å². The largest absolute Gasteiger partial charge is 0.339 e. The van der Waals surface area contributed by atoms with E-state index in [0.29, 0.717) is 13.2 Å². The molecule has 0 fully saturated rings. The van der Waals surface area contributed by atoms with E-state index in [-0.39, 0.29) is 5.92 Å². The summed E-state index contributed by atoms with van der Waals surface area (Å²) in [5.74, 6) is -0.385. The number of pyridine rings is 1. The zero-order valence-corrected chi connectivity index (χ0v) is 18.7. The minimum Gasteiger partial charge on any atom is -0.339 e. The Labute approximate surface area is 187 Å². The van der Waals surface area contributed by atoms with Crippen molar-refractivity contribution >= 4 is 27.8 Å². The molecule has 0 aliphatic rings. The van der Waals surface area contributed by atoms with Crippen molar-refractivity contribution < 1.29 is 4.74 Å². The van der Waals surface area contributed by atoms with Crippen molar-refractivity contribution in [3.05, 3.63) is 58.9 Å². The number of aliphatic imine (C=N–C) groups is 1. The van der Waals surface area contributed by atoms with Gasteiger partial charge in [-0.15, -0.1) is 11.3 Å². The van der Waals surface area contributed by atoms with E-state index in [9.17, 15) is 5.26 Å². The van der Waals surface area contributed by atoms with E-state index in [2.05, 4.69) is 50.7 Å². The molecule has 7 nitrogen and oxygen atoms in total. The number of fused-ring (bicyclic) bond motifs is 1. The van der Waals surface area contributed by atoms with E-state index >= 15 is 0 Å². The van der Waals surface area contributed by atoms with Gasteiger partial charge >= 0.3 is 0 Å². The minimum atomic E-state index is -0.524. The van der Waals surface area contributed by atoms with Crippen LogP contribution in [0.25, 0.3) is 10.2 Å². The number of hydrogen-bond donors (Lipinski definition) is 2. The van der Waals surface area contributed by atoms with Crippen molar-refractivity contribution in [1.82, 2.24) is 20.6 Å². The molecule has 0 saturated heterocycles. The summed E-state index contributed by atoms with van der Waals surface area (Å²) >= 11 is 1.52. The van der Waals surface area contributed by atoms with Crippen molar-refractivity contribution in [3.8, 4) is 6.07 Å². The third-order valence-electron chi connectivity index (χ3n) is 4.56. The Balaban J connectivity index is 1.61. The number of benzene rings is 1. The van der Waals surface area contributed by atoms with Gasteiger partial charge in [0.2, 0.25) is 6.35 Å². The first-order chi connectivity index (χ1) is 15.2. The molecule has 2 aromatic heterocycles. The highest BCUT2D eigenvalue weighted by atomic mass is 32.1. The van der Waals surface area contributed by atoms with Gasteiger partial charge in [-0.2, -0.15) is 5.26 Å². The highest BCUT2D eigenvalue weighted by molar-refractivity contribution is 7.18. The average Bonchev–Trinajstić information content (AvgIpc) is 3.23. The van der Waals surface area contributed by atoms with Crippen LogP contribution in [0, 0.1) is 11.3 Å². The number of rotatable bonds is 12. The first-order valence-corrected chi connectivity index (χ1v) is 11.3. The summed E-state index contributed by atoms with van der Waals surface area (Å²) in [6.45, 7) is 6.72. The monoisotopic (exact) mass is 436 g/mol. The van der Waals surface area contributed by atoms with Crippen LogP contribution in [0.1, 0.15) is 42.3 Å². The maximum absolute atomic E-state index is 9.68. The van der Waals surface area contributed by atoms with E-state index in [1.807, 2.05) is 31.3 Å². The van der Waals surface area contributed by atoms with Crippen LogP contribution in [0.5, 0.6) is 0 Å². The molecule has 1 aromatic carbocycles. The van der Waals surface area contributed by atoms with Gasteiger partial charge in [-0.05, 0) is 30.2 Å². The zero-order chi connectivity index (χ0) is 21.9. The molecule has 2 atom stereocenters. The molecule has 31 heavy (non-hydrogen) atoms. The molecule has 8 heteroatoms. The molecule has 0 spiro atoms. The summed E-state index contributed by atoms with van der Waals surface area (Å²) in [4.78, 5) is 13.1. The summed E-state index contributed by atoms with van der Waals surface area (Å²) in [5, 5.41) is 17.0. The van der Waals surface area contributed by atoms with Crippen LogP contribution in [-0.2, 0) is 17.9 Å². The molecule has 2 unspecified atom stereocenters. The quantitative estimate of drug-likeness (QED) is 0.329. The Kier molecular flexibility index (Phi) is 9.06. The smallest absolute Gasteiger partial charge is 0.204 e. The lowest BCUT2D eigenvalue weighted by molar-refractivity contribution is 0.0240. The van der Waals surface area contributed by atoms with Crippen LogP contribution in [0.3, 0.4) is 0 Å². The highest BCUT2D eigenvalue weighted by Gasteiger charge is 2.18. The number of thiazole rings is 1. The number of nitrogens with one attached hydrogen (secondary N) is 2. The molecule has 2 N–H and O–H groups in total. The number of hydrogen-bond acceptors (Lipinski definition) is 8. The average molecular weight is 437 g/mol. The Morgan fingerprint density at radius 1 is 1.29 bits per heavy atom. The standard InChI is InChI=1S/C23H28N6OS/c1-3-9-27-23(30-16-18-7-5-6-17(11-18)13-25-4-2)28-14-19(12-24)22-29-20-15-26-10-8-21(20)31-22/h5-11,15,19,23,25,28H,3-4,13-14,16H2,1-2H3. The SMILES string of the molecule is CCC=NC(NCC(C#N)c1nc2cnccc2s1)OCc1cccc(CNCC)c1. The van der Waals surface area contributed by atoms with Gasteiger partial charge in [0.15, 0.2) is 0 Å². The van der Waals surface area contributed by atoms with E-state index in [4.69, 9.17) is 4.74 Å². The molecular formula is C23H28N6OS. The first kappa shape index (κ1) is 23.0. The van der Waals surface area contributed by atoms with E-state index in [1.165, 1.54) is 16.9 Å². The molecule has 0 aliphatic heterocycles. The lowest BCUT2D eigenvalue weighted by atomic mass is 10.1. The van der Waals surface area contributed by atoms with Crippen LogP contribution >= 0.6 is 11.3 Å². The third-order valence-corrected chi connectivity index (χ3v) is 5.71. The van der Waals surface area contributed by atoms with Crippen LogP contribution in [0.4, 0.5) is 0 Å². The predicted molar refractivity (Wildman–Crippen MR) is 125 cm³/mol. The summed E-state index contributed by atoms with van der Waals surface area (Å²) in [7, 11) is 0. The van der Waals surface area contributed by atoms with Crippen molar-refractivity contribution in [2.24, 2.45) is 4.99 Å². The van der Waals surface area contributed by atoms with Crippen molar-refractivity contribution in [3.63, 3.8) is 0 Å². The Morgan fingerprint density at radius 2 is 2.16 bits per heavy atom. The van der Waals surface area contributed by atoms with Crippen molar-refractivity contribution in [1.29, 1.82) is 5.26 Å². The van der Waals surface area contributed by atoms with E-state index in [0.717, 1.165) is 40.3 Å². The molecule has 3 rings (SSSR count). The second kappa shape index (κ2) is 12.2. The number of aromatic nitrogens is 2. The van der Waals surface area contributed by atoms with Gasteiger partial charge in [0.1, 0.15) is 10.9 Å². The molecular weight excluding hydrogens is 408 g/mol. The number of nitrogens with zero attached hydrogens (tertiary/aromatic N) is 4. The van der Waals surface area contributed by atoms with Crippen LogP contribution in [0.2, 0.25) is 0 Å². The second-order valence-electron chi connectivity index (χ2n) is 6.99. The first-order valence-electron chi connectivity index (χ1n) is 10.5. The fourth-order valence-electron chi connectivity index (χ4n) is 2.98. The molecule has 0 saturated carbocycles. The Bertz CT molecular complexity index is 995. The number of ether oxygens (including phenoxy) is 1. The molecule has 0 amide bonds. The molecule has 0 radical (unpaired) electrons. The van der Waals surface area contributed by atoms with Gasteiger partial charge in [0, 0.05) is 25.5 Å². The van der Waals surface area contributed by atoms with Crippen LogP contribution < -0.4 is 10.6 Å². The molecule has 162 valence electrons. The van der Waals surface area contributed by atoms with Gasteiger partial charge in [-0.25, -0.2) is 4.98 Å². The van der Waals surface area contributed by atoms with Gasteiger partial charge in [-0.3, -0.25) is 15.3 Å². The lowest BCUT2D eigenvalue weighted by Gasteiger charge is -2.17. The summed E-state index contributed by atoms with van der Waals surface area (Å²) in [6.07, 6.45) is 5.57. The van der Waals surface area contributed by atoms with Gasteiger partial charge < -0.3 is 10.1 Å². The van der Waals surface area contributed by atoms with Gasteiger partial charge in [0.25, 0.3) is 0 Å². The molecule has 0 aliphatic carbocycles. The minimum absolute atomic E-state index is 0.385. The molecule has 2 heterocycles. The lowest BCUT2D eigenvalue weighted by Crippen LogP contribution is -2.33. The highest BCUT2D eigenvalue weighted by Crippen LogP contribution is 2.26. The summed E-state index contributed by atoms with van der Waals surface area (Å²) in [6, 6.07) is 12.6. The predicted octanol–water partition coefficient (Wildman–Crippen LogP) is 3.98. The van der Waals surface area contributed by atoms with E-state index in [1.54, 1.807) is 12.4 Å². The fourth-order valence-corrected chi connectivity index (χ4v) is 3.96. The zero-order valence-electron chi connectivity index (χ0n) is 17.9. The Morgan fingerprint density at radius 3 is 2.94 bits per heavy atom. The molecule has 0 bridgehead atoms. The van der Waals surface area contributed by atoms with Crippen LogP contribution in [0.15, 0.2) is 47.7 Å². The summed E-state index contributed by atoms with van der Waals surface area (Å²) < 4.78 is 7.04. The van der Waals surface area contributed by atoms with Gasteiger partial charge in [0.05, 0.1) is 29.1 Å². The third kappa shape index (κ3) is 6.91. The Hall–Kier alpha value is -2.70. The van der Waals surface area contributed by atoms with E-state index < -0.39 is 6.35 Å². The van der Waals surface area contributed by atoms with Crippen molar-refractivity contribution in [2.75, 3.05) is 13.1 Å². The maximum Gasteiger partial charge on any atom is 0.204 e. The fraction of sp³-hybridized carbons (Fsp3) is 0.391. The normalized spacial score (nSPS) is 13.5. The topological polar surface area (TPSA) is 95.2 Å². The number of nitriles is 1. The maximum atomic E-state index is 9.68. The van der Waals surface area contributed by atoms with Gasteiger partial charge in [-0.1, -0.05) is 38.1 Å².